The molecule has 0 unspecified atom stereocenters. The van der Waals surface area contributed by atoms with Crippen LogP contribution in [0.5, 0.6) is 5.75 Å². The number of ether oxygens (including phenoxy) is 1. The number of carbonyl (C=O) groups excluding carboxylic acids is 2. The zero-order chi connectivity index (χ0) is 20.1. The van der Waals surface area contributed by atoms with Gasteiger partial charge in [-0.2, -0.15) is 0 Å². The average Bonchev–Trinajstić information content (AvgIpc) is 3.03. The Morgan fingerprint density at radius 1 is 1.29 bits per heavy atom. The van der Waals surface area contributed by atoms with E-state index in [0.717, 1.165) is 28.8 Å². The molecule has 0 atom stereocenters. The zero-order valence-corrected chi connectivity index (χ0v) is 16.7. The highest BCUT2D eigenvalue weighted by molar-refractivity contribution is 7.92. The van der Waals surface area contributed by atoms with Crippen molar-refractivity contribution in [1.29, 1.82) is 0 Å². The van der Waals surface area contributed by atoms with E-state index in [1.54, 1.807) is 6.07 Å². The lowest BCUT2D eigenvalue weighted by molar-refractivity contribution is -0.117. The quantitative estimate of drug-likeness (QED) is 0.546. The highest BCUT2D eigenvalue weighted by Crippen LogP contribution is 2.27. The number of benzene rings is 1. The first-order valence-electron chi connectivity index (χ1n) is 8.45. The first-order valence-corrected chi connectivity index (χ1v) is 11.2. The third-order valence-corrected chi connectivity index (χ3v) is 5.18. The van der Waals surface area contributed by atoms with Gasteiger partial charge in [-0.3, -0.25) is 14.3 Å². The topological polar surface area (TPSA) is 139 Å². The van der Waals surface area contributed by atoms with Crippen molar-refractivity contribution < 1.29 is 22.7 Å². The standard InChI is InChI=1S/C16H19N5O5S2/c1-28(24,25)21-16-20-19-15(27-16)18-13(22)3-2-8-26-11-5-6-12-10(9-11)4-7-14(23)17-12/h5-6,9H,2-4,7-8H2,1H3,(H,17,23)(H,20,21)(H,18,19,22). The number of carbonyl (C=O) groups is 2. The van der Waals surface area contributed by atoms with Gasteiger partial charge in [0, 0.05) is 18.5 Å². The number of fused-ring (bicyclic) bond motifs is 1. The Balaban J connectivity index is 1.41. The van der Waals surface area contributed by atoms with E-state index in [1.807, 2.05) is 12.1 Å². The summed E-state index contributed by atoms with van der Waals surface area (Å²) in [6.45, 7) is 0.357. The molecule has 1 aromatic heterocycles. The summed E-state index contributed by atoms with van der Waals surface area (Å²) in [6.07, 6.45) is 2.86. The lowest BCUT2D eigenvalue weighted by atomic mass is 10.0. The lowest BCUT2D eigenvalue weighted by Crippen LogP contribution is -2.18. The molecule has 12 heteroatoms. The summed E-state index contributed by atoms with van der Waals surface area (Å²) < 4.78 is 30.1. The summed E-state index contributed by atoms with van der Waals surface area (Å²) in [7, 11) is -3.44. The van der Waals surface area contributed by atoms with Crippen LogP contribution in [-0.2, 0) is 26.0 Å². The van der Waals surface area contributed by atoms with E-state index >= 15 is 0 Å². The monoisotopic (exact) mass is 425 g/mol. The van der Waals surface area contributed by atoms with E-state index in [1.165, 1.54) is 0 Å². The molecular weight excluding hydrogens is 406 g/mol. The third-order valence-electron chi connectivity index (χ3n) is 3.73. The van der Waals surface area contributed by atoms with Crippen LogP contribution in [0.2, 0.25) is 0 Å². The van der Waals surface area contributed by atoms with Crippen LogP contribution in [0.4, 0.5) is 16.0 Å². The number of aryl methyl sites for hydroxylation is 1. The molecule has 2 heterocycles. The largest absolute Gasteiger partial charge is 0.494 e. The first kappa shape index (κ1) is 20.0. The number of rotatable bonds is 8. The molecule has 2 amide bonds. The summed E-state index contributed by atoms with van der Waals surface area (Å²) in [5.74, 6) is 0.441. The normalized spacial score (nSPS) is 13.4. The second kappa shape index (κ2) is 8.52. The van der Waals surface area contributed by atoms with Gasteiger partial charge in [0.1, 0.15) is 5.75 Å². The predicted octanol–water partition coefficient (Wildman–Crippen LogP) is 1.59. The minimum Gasteiger partial charge on any atom is -0.494 e. The molecule has 0 spiro atoms. The fraction of sp³-hybridized carbons (Fsp3) is 0.375. The summed E-state index contributed by atoms with van der Waals surface area (Å²) >= 11 is 0.932. The molecule has 150 valence electrons. The molecule has 2 aromatic rings. The molecule has 1 aliphatic rings. The van der Waals surface area contributed by atoms with Crippen LogP contribution in [0.1, 0.15) is 24.8 Å². The van der Waals surface area contributed by atoms with Gasteiger partial charge in [0.15, 0.2) is 0 Å². The van der Waals surface area contributed by atoms with Gasteiger partial charge >= 0.3 is 0 Å². The van der Waals surface area contributed by atoms with Crippen LogP contribution < -0.4 is 20.1 Å². The molecule has 0 saturated heterocycles. The number of hydrogen-bond acceptors (Lipinski definition) is 8. The van der Waals surface area contributed by atoms with Gasteiger partial charge < -0.3 is 15.4 Å². The van der Waals surface area contributed by atoms with Crippen LogP contribution >= 0.6 is 11.3 Å². The van der Waals surface area contributed by atoms with Crippen molar-refractivity contribution in [3.05, 3.63) is 23.8 Å². The summed E-state index contributed by atoms with van der Waals surface area (Å²) in [6, 6.07) is 5.49. The van der Waals surface area contributed by atoms with E-state index < -0.39 is 10.0 Å². The number of aromatic nitrogens is 2. The molecule has 28 heavy (non-hydrogen) atoms. The van der Waals surface area contributed by atoms with Crippen molar-refractivity contribution >= 4 is 49.1 Å². The average molecular weight is 425 g/mol. The van der Waals surface area contributed by atoms with Gasteiger partial charge in [-0.1, -0.05) is 11.3 Å². The summed E-state index contributed by atoms with van der Waals surface area (Å²) in [5.41, 5.74) is 1.84. The van der Waals surface area contributed by atoms with Crippen LogP contribution in [0.25, 0.3) is 0 Å². The van der Waals surface area contributed by atoms with Crippen LogP contribution in [-0.4, -0.2) is 43.3 Å². The second-order valence-electron chi connectivity index (χ2n) is 6.15. The van der Waals surface area contributed by atoms with Crippen molar-refractivity contribution in [2.75, 3.05) is 28.2 Å². The van der Waals surface area contributed by atoms with Crippen molar-refractivity contribution in [1.82, 2.24) is 10.2 Å². The van der Waals surface area contributed by atoms with Gasteiger partial charge in [0.05, 0.1) is 12.9 Å². The highest BCUT2D eigenvalue weighted by atomic mass is 32.2. The molecule has 3 N–H and O–H groups in total. The molecule has 1 aliphatic heterocycles. The number of hydrogen-bond donors (Lipinski definition) is 3. The molecule has 0 radical (unpaired) electrons. The minimum atomic E-state index is -3.44. The Morgan fingerprint density at radius 2 is 2.07 bits per heavy atom. The van der Waals surface area contributed by atoms with Crippen molar-refractivity contribution in [2.24, 2.45) is 0 Å². The van der Waals surface area contributed by atoms with Gasteiger partial charge in [-0.15, -0.1) is 10.2 Å². The SMILES string of the molecule is CS(=O)(=O)Nc1nnc(NC(=O)CCCOc2ccc3c(c2)CCC(=O)N3)s1. The van der Waals surface area contributed by atoms with Gasteiger partial charge in [-0.05, 0) is 36.6 Å². The smallest absolute Gasteiger partial charge is 0.231 e. The highest BCUT2D eigenvalue weighted by Gasteiger charge is 2.15. The Hall–Kier alpha value is -2.73. The zero-order valence-electron chi connectivity index (χ0n) is 15.0. The Morgan fingerprint density at radius 3 is 2.86 bits per heavy atom. The number of anilines is 3. The number of amides is 2. The van der Waals surface area contributed by atoms with E-state index in [0.29, 0.717) is 31.6 Å². The maximum absolute atomic E-state index is 11.9. The fourth-order valence-electron chi connectivity index (χ4n) is 2.53. The van der Waals surface area contributed by atoms with Gasteiger partial charge in [0.2, 0.25) is 32.1 Å². The predicted molar refractivity (Wildman–Crippen MR) is 105 cm³/mol. The number of sulfonamides is 1. The van der Waals surface area contributed by atoms with E-state index in [-0.39, 0.29) is 28.5 Å². The van der Waals surface area contributed by atoms with Crippen molar-refractivity contribution in [2.45, 2.75) is 25.7 Å². The minimum absolute atomic E-state index is 0.0156. The lowest BCUT2D eigenvalue weighted by Gasteiger charge is -2.17. The maximum atomic E-state index is 11.9. The van der Waals surface area contributed by atoms with Crippen LogP contribution in [0, 0.1) is 0 Å². The third kappa shape index (κ3) is 5.89. The van der Waals surface area contributed by atoms with Gasteiger partial charge in [0.25, 0.3) is 0 Å². The molecule has 3 rings (SSSR count). The molecular formula is C16H19N5O5S2. The molecule has 1 aromatic carbocycles. The van der Waals surface area contributed by atoms with E-state index in [2.05, 4.69) is 25.6 Å². The van der Waals surface area contributed by atoms with Crippen molar-refractivity contribution in [3.8, 4) is 5.75 Å². The second-order valence-corrected chi connectivity index (χ2v) is 8.88. The summed E-state index contributed by atoms with van der Waals surface area (Å²) in [5, 5.41) is 13.0. The van der Waals surface area contributed by atoms with E-state index in [9.17, 15) is 18.0 Å². The molecule has 0 aliphatic carbocycles. The van der Waals surface area contributed by atoms with Crippen LogP contribution in [0.15, 0.2) is 18.2 Å². The molecule has 0 fully saturated rings. The molecule has 0 bridgehead atoms. The van der Waals surface area contributed by atoms with Crippen molar-refractivity contribution in [3.63, 3.8) is 0 Å². The number of nitrogens with zero attached hydrogens (tertiary/aromatic N) is 2. The number of nitrogens with one attached hydrogen (secondary N) is 3. The van der Waals surface area contributed by atoms with E-state index in [4.69, 9.17) is 4.74 Å². The Kier molecular flexibility index (Phi) is 6.09. The maximum Gasteiger partial charge on any atom is 0.231 e. The first-order chi connectivity index (χ1) is 13.3. The summed E-state index contributed by atoms with van der Waals surface area (Å²) in [4.78, 5) is 23.3. The molecule has 10 nitrogen and oxygen atoms in total. The fourth-order valence-corrected chi connectivity index (χ4v) is 4.02. The van der Waals surface area contributed by atoms with Gasteiger partial charge in [-0.25, -0.2) is 8.42 Å². The Bertz CT molecular complexity index is 989. The Labute approximate surface area is 165 Å². The van der Waals surface area contributed by atoms with Crippen LogP contribution in [0.3, 0.4) is 0 Å². The molecule has 0 saturated carbocycles.